The number of nitrogens with one attached hydrogen (secondary N) is 2. The normalized spacial score (nSPS) is 11.4. The van der Waals surface area contributed by atoms with Crippen LogP contribution in [0, 0.1) is 6.92 Å². The number of rotatable bonds is 6. The van der Waals surface area contributed by atoms with Gasteiger partial charge in [0.05, 0.1) is 4.90 Å². The predicted octanol–water partition coefficient (Wildman–Crippen LogP) is 2.54. The molecule has 1 aromatic heterocycles. The van der Waals surface area contributed by atoms with Crippen LogP contribution in [0.1, 0.15) is 18.1 Å². The Balaban J connectivity index is 2.06. The smallest absolute Gasteiger partial charge is 0.240 e. The first-order valence-electron chi connectivity index (χ1n) is 6.77. The van der Waals surface area contributed by atoms with Crippen molar-refractivity contribution in [3.63, 3.8) is 0 Å². The zero-order valence-corrected chi connectivity index (χ0v) is 14.1. The topological polar surface area (TPSA) is 75.3 Å². The third-order valence-corrected chi connectivity index (χ3v) is 5.42. The Hall–Kier alpha value is -1.70. The number of carbonyl (C=O) groups is 1. The fourth-order valence-corrected chi connectivity index (χ4v) is 4.03. The minimum Gasteiger partial charge on any atom is -0.326 e. The van der Waals surface area contributed by atoms with E-state index in [4.69, 9.17) is 0 Å². The van der Waals surface area contributed by atoms with E-state index >= 15 is 0 Å². The zero-order valence-electron chi connectivity index (χ0n) is 12.4. The summed E-state index contributed by atoms with van der Waals surface area (Å²) in [5.41, 5.74) is 2.29. The lowest BCUT2D eigenvalue weighted by atomic mass is 10.2. The van der Waals surface area contributed by atoms with Gasteiger partial charge in [0.2, 0.25) is 15.9 Å². The molecule has 2 aromatic rings. The molecule has 0 fully saturated rings. The molecule has 0 radical (unpaired) electrons. The summed E-state index contributed by atoms with van der Waals surface area (Å²) in [5, 5.41) is 6.60. The highest BCUT2D eigenvalue weighted by Gasteiger charge is 2.16. The van der Waals surface area contributed by atoms with Crippen molar-refractivity contribution in [2.45, 2.75) is 25.2 Å². The molecule has 0 aliphatic heterocycles. The number of aryl methyl sites for hydroxylation is 1. The standard InChI is InChI=1S/C15H18N2O3S2/c1-11-9-14(17-12(2)18)3-4-15(11)22(19,20)16-7-5-13-6-8-21-10-13/h3-4,6,8-10,16H,5,7H2,1-2H3,(H,17,18). The fourth-order valence-electron chi connectivity index (χ4n) is 2.07. The molecule has 0 spiro atoms. The van der Waals surface area contributed by atoms with Crippen LogP contribution < -0.4 is 10.0 Å². The summed E-state index contributed by atoms with van der Waals surface area (Å²) in [6.45, 7) is 3.47. The van der Waals surface area contributed by atoms with Crippen molar-refractivity contribution >= 4 is 33.0 Å². The van der Waals surface area contributed by atoms with Gasteiger partial charge >= 0.3 is 0 Å². The predicted molar refractivity (Wildman–Crippen MR) is 88.7 cm³/mol. The summed E-state index contributed by atoms with van der Waals surface area (Å²) in [4.78, 5) is 11.2. The van der Waals surface area contributed by atoms with E-state index in [1.165, 1.54) is 13.0 Å². The van der Waals surface area contributed by atoms with Crippen molar-refractivity contribution < 1.29 is 13.2 Å². The van der Waals surface area contributed by atoms with Crippen LogP contribution in [0.25, 0.3) is 0 Å². The van der Waals surface area contributed by atoms with Gasteiger partial charge in [-0.3, -0.25) is 4.79 Å². The largest absolute Gasteiger partial charge is 0.326 e. The van der Waals surface area contributed by atoms with Crippen LogP contribution in [0.4, 0.5) is 5.69 Å². The molecule has 0 bridgehead atoms. The Morgan fingerprint density at radius 2 is 2.05 bits per heavy atom. The first kappa shape index (κ1) is 16.7. The maximum absolute atomic E-state index is 12.3. The van der Waals surface area contributed by atoms with E-state index in [-0.39, 0.29) is 10.8 Å². The molecular formula is C15H18N2O3S2. The SMILES string of the molecule is CC(=O)Nc1ccc(S(=O)(=O)NCCc2ccsc2)c(C)c1. The van der Waals surface area contributed by atoms with Crippen LogP contribution in [-0.4, -0.2) is 20.9 Å². The van der Waals surface area contributed by atoms with Crippen LogP contribution in [0.2, 0.25) is 0 Å². The number of sulfonamides is 1. The Bertz CT molecular complexity index is 753. The number of anilines is 1. The Kier molecular flexibility index (Phi) is 5.33. The monoisotopic (exact) mass is 338 g/mol. The number of carbonyl (C=O) groups excluding carboxylic acids is 1. The van der Waals surface area contributed by atoms with Gasteiger partial charge in [0.15, 0.2) is 0 Å². The molecule has 0 saturated heterocycles. The van der Waals surface area contributed by atoms with Crippen molar-refractivity contribution in [2.24, 2.45) is 0 Å². The van der Waals surface area contributed by atoms with Crippen molar-refractivity contribution in [3.05, 3.63) is 46.2 Å². The average molecular weight is 338 g/mol. The molecule has 1 amide bonds. The number of thiophene rings is 1. The highest BCUT2D eigenvalue weighted by Crippen LogP contribution is 2.19. The molecule has 1 heterocycles. The summed E-state index contributed by atoms with van der Waals surface area (Å²) in [7, 11) is -3.55. The molecule has 0 unspecified atom stereocenters. The maximum Gasteiger partial charge on any atom is 0.240 e. The molecule has 22 heavy (non-hydrogen) atoms. The third kappa shape index (κ3) is 4.40. The molecule has 7 heteroatoms. The lowest BCUT2D eigenvalue weighted by molar-refractivity contribution is -0.114. The van der Waals surface area contributed by atoms with Gasteiger partial charge in [-0.05, 0) is 59.5 Å². The molecule has 0 atom stereocenters. The highest BCUT2D eigenvalue weighted by molar-refractivity contribution is 7.89. The van der Waals surface area contributed by atoms with E-state index in [2.05, 4.69) is 10.0 Å². The lowest BCUT2D eigenvalue weighted by Gasteiger charge is -2.11. The maximum atomic E-state index is 12.3. The van der Waals surface area contributed by atoms with Crippen LogP contribution in [-0.2, 0) is 21.2 Å². The van der Waals surface area contributed by atoms with Gasteiger partial charge in [0.25, 0.3) is 0 Å². The summed E-state index contributed by atoms with van der Waals surface area (Å²) >= 11 is 1.59. The first-order valence-corrected chi connectivity index (χ1v) is 9.20. The van der Waals surface area contributed by atoms with Gasteiger partial charge in [-0.25, -0.2) is 13.1 Å². The third-order valence-electron chi connectivity index (χ3n) is 3.07. The van der Waals surface area contributed by atoms with Gasteiger partial charge in [0, 0.05) is 19.2 Å². The van der Waals surface area contributed by atoms with Crippen molar-refractivity contribution in [1.29, 1.82) is 0 Å². The quantitative estimate of drug-likeness (QED) is 0.850. The van der Waals surface area contributed by atoms with E-state index in [0.717, 1.165) is 5.56 Å². The Morgan fingerprint density at radius 1 is 1.27 bits per heavy atom. The van der Waals surface area contributed by atoms with Crippen molar-refractivity contribution in [3.8, 4) is 0 Å². The van der Waals surface area contributed by atoms with E-state index in [1.807, 2.05) is 16.8 Å². The second-order valence-corrected chi connectivity index (χ2v) is 7.46. The van der Waals surface area contributed by atoms with Gasteiger partial charge < -0.3 is 5.32 Å². The van der Waals surface area contributed by atoms with Crippen LogP contribution in [0.5, 0.6) is 0 Å². The first-order chi connectivity index (χ1) is 10.4. The lowest BCUT2D eigenvalue weighted by Crippen LogP contribution is -2.26. The average Bonchev–Trinajstić information content (AvgIpc) is 2.90. The fraction of sp³-hybridized carbons (Fsp3) is 0.267. The molecule has 0 saturated carbocycles. The van der Waals surface area contributed by atoms with Gasteiger partial charge in [-0.1, -0.05) is 0 Å². The molecule has 1 aromatic carbocycles. The van der Waals surface area contributed by atoms with E-state index in [0.29, 0.717) is 24.2 Å². The summed E-state index contributed by atoms with van der Waals surface area (Å²) in [6, 6.07) is 6.72. The molecule has 5 nitrogen and oxygen atoms in total. The van der Waals surface area contributed by atoms with Gasteiger partial charge in [0.1, 0.15) is 0 Å². The van der Waals surface area contributed by atoms with Crippen LogP contribution >= 0.6 is 11.3 Å². The molecule has 2 N–H and O–H groups in total. The molecule has 0 aliphatic carbocycles. The number of hydrogen-bond donors (Lipinski definition) is 2. The van der Waals surface area contributed by atoms with E-state index in [9.17, 15) is 13.2 Å². The van der Waals surface area contributed by atoms with E-state index < -0.39 is 10.0 Å². The second-order valence-electron chi connectivity index (χ2n) is 4.94. The number of hydrogen-bond acceptors (Lipinski definition) is 4. The molecular weight excluding hydrogens is 320 g/mol. The Morgan fingerprint density at radius 3 is 2.64 bits per heavy atom. The zero-order chi connectivity index (χ0) is 16.2. The molecule has 0 aliphatic rings. The van der Waals surface area contributed by atoms with Crippen LogP contribution in [0.15, 0.2) is 39.9 Å². The van der Waals surface area contributed by atoms with E-state index in [1.54, 1.807) is 30.4 Å². The summed E-state index contributed by atoms with van der Waals surface area (Å²) in [5.74, 6) is -0.191. The molecule has 118 valence electrons. The van der Waals surface area contributed by atoms with Crippen molar-refractivity contribution in [2.75, 3.05) is 11.9 Å². The summed E-state index contributed by atoms with van der Waals surface area (Å²) < 4.78 is 27.2. The number of amides is 1. The molecule has 2 rings (SSSR count). The van der Waals surface area contributed by atoms with Crippen LogP contribution in [0.3, 0.4) is 0 Å². The second kappa shape index (κ2) is 7.04. The Labute approximate surface area is 134 Å². The summed E-state index contributed by atoms with van der Waals surface area (Å²) in [6.07, 6.45) is 0.658. The minimum atomic E-state index is -3.55. The minimum absolute atomic E-state index is 0.191. The van der Waals surface area contributed by atoms with Gasteiger partial charge in [-0.2, -0.15) is 11.3 Å². The number of benzene rings is 1. The van der Waals surface area contributed by atoms with Gasteiger partial charge in [-0.15, -0.1) is 0 Å². The van der Waals surface area contributed by atoms with Crippen molar-refractivity contribution in [1.82, 2.24) is 4.72 Å². The highest BCUT2D eigenvalue weighted by atomic mass is 32.2.